The molecule has 0 aromatic heterocycles. The fourth-order valence-electron chi connectivity index (χ4n) is 1.31. The van der Waals surface area contributed by atoms with Crippen LogP contribution in [0.15, 0.2) is 30.3 Å². The van der Waals surface area contributed by atoms with Gasteiger partial charge in [-0.15, -0.1) is 0 Å². The fourth-order valence-corrected chi connectivity index (χ4v) is 1.51. The highest BCUT2D eigenvalue weighted by atomic mass is 32.1. The molecule has 1 aromatic rings. The van der Waals surface area contributed by atoms with Gasteiger partial charge in [-0.3, -0.25) is 0 Å². The van der Waals surface area contributed by atoms with E-state index in [2.05, 4.69) is 0 Å². The zero-order valence-corrected chi connectivity index (χ0v) is 7.17. The molecule has 0 heterocycles. The van der Waals surface area contributed by atoms with Crippen LogP contribution in [0.2, 0.25) is 0 Å². The van der Waals surface area contributed by atoms with Gasteiger partial charge in [0.15, 0.2) is 6.10 Å². The predicted octanol–water partition coefficient (Wildman–Crippen LogP) is 2.55. The van der Waals surface area contributed by atoms with Crippen LogP contribution in [0.1, 0.15) is 17.2 Å². The molecule has 1 unspecified atom stereocenters. The minimum atomic E-state index is -0.846. The Labute approximate surface area is 76.3 Å². The molecule has 0 fully saturated rings. The second-order valence-corrected chi connectivity index (χ2v) is 3.22. The normalized spacial score (nSPS) is 20.8. The summed E-state index contributed by atoms with van der Waals surface area (Å²) in [6.07, 6.45) is 2.77. The molecule has 1 atom stereocenters. The molecule has 1 aliphatic carbocycles. The Bertz CT molecular complexity index is 355. The lowest BCUT2D eigenvalue weighted by atomic mass is 9.95. The van der Waals surface area contributed by atoms with Gasteiger partial charge in [0.05, 0.1) is 4.86 Å². The molecule has 1 aromatic carbocycles. The summed E-state index contributed by atoms with van der Waals surface area (Å²) < 4.78 is 0. The summed E-state index contributed by atoms with van der Waals surface area (Å²) in [7, 11) is 0. The zero-order chi connectivity index (χ0) is 8.55. The average molecular weight is 175 g/mol. The van der Waals surface area contributed by atoms with Crippen LogP contribution in [0, 0.1) is 0 Å². The largest absolute Gasteiger partial charge is 0.222 e. The highest BCUT2D eigenvalue weighted by molar-refractivity contribution is 7.80. The third-order valence-electron chi connectivity index (χ3n) is 1.96. The number of fused-ring (bicyclic) bond motifs is 1. The van der Waals surface area contributed by atoms with E-state index in [4.69, 9.17) is 12.2 Å². The van der Waals surface area contributed by atoms with Crippen LogP contribution in [0.4, 0.5) is 0 Å². The van der Waals surface area contributed by atoms with Crippen LogP contribution in [0.5, 0.6) is 0 Å². The summed E-state index contributed by atoms with van der Waals surface area (Å²) in [6, 6.07) is 7.55. The van der Waals surface area contributed by atoms with E-state index < -0.39 is 6.10 Å². The molecule has 0 N–H and O–H groups in total. The van der Waals surface area contributed by atoms with E-state index in [1.165, 1.54) is 0 Å². The highest BCUT2D eigenvalue weighted by Gasteiger charge is 2.18. The van der Waals surface area contributed by atoms with Gasteiger partial charge in [0.1, 0.15) is 0 Å². The molecule has 0 spiro atoms. The van der Waals surface area contributed by atoms with Gasteiger partial charge in [-0.1, -0.05) is 42.6 Å². The van der Waals surface area contributed by atoms with Gasteiger partial charge < -0.3 is 0 Å². The van der Waals surface area contributed by atoms with Crippen LogP contribution in [-0.4, -0.2) is 4.86 Å². The fraction of sp³-hybridized carbons (Fsp3) is 0.100. The van der Waals surface area contributed by atoms with Crippen LogP contribution in [-0.2, 0) is 5.11 Å². The monoisotopic (exact) mass is 175 g/mol. The second-order valence-electron chi connectivity index (χ2n) is 2.74. The minimum absolute atomic E-state index is 0.480. The van der Waals surface area contributed by atoms with Gasteiger partial charge in [0.25, 0.3) is 0 Å². The minimum Gasteiger partial charge on any atom is -0.222 e. The van der Waals surface area contributed by atoms with Crippen molar-refractivity contribution in [2.75, 3.05) is 0 Å². The summed E-state index contributed by atoms with van der Waals surface area (Å²) in [6.45, 7) is 0. The van der Waals surface area contributed by atoms with Crippen molar-refractivity contribution in [2.24, 2.45) is 0 Å². The van der Waals surface area contributed by atoms with Crippen molar-refractivity contribution in [3.8, 4) is 0 Å². The highest BCUT2D eigenvalue weighted by Crippen LogP contribution is 2.26. The summed E-state index contributed by atoms with van der Waals surface area (Å²) in [4.78, 5) is 0.480. The van der Waals surface area contributed by atoms with Crippen LogP contribution in [0.3, 0.4) is 0 Å². The average Bonchev–Trinajstić information content (AvgIpc) is 2.12. The number of hydrogen-bond donors (Lipinski definition) is 0. The van der Waals surface area contributed by atoms with E-state index in [9.17, 15) is 5.11 Å². The molecule has 1 aliphatic rings. The quantitative estimate of drug-likeness (QED) is 0.555. The topological polar surface area (TPSA) is 19.9 Å². The van der Waals surface area contributed by atoms with Crippen molar-refractivity contribution in [2.45, 2.75) is 6.10 Å². The van der Waals surface area contributed by atoms with Gasteiger partial charge in [0.2, 0.25) is 0 Å². The maximum atomic E-state index is 11.5. The summed E-state index contributed by atoms with van der Waals surface area (Å²) in [5.74, 6) is 0. The number of hydrogen-bond acceptors (Lipinski definition) is 1. The third-order valence-corrected chi connectivity index (χ3v) is 2.31. The molecular weight excluding hydrogens is 168 g/mol. The maximum absolute atomic E-state index is 11.5. The lowest BCUT2D eigenvalue weighted by molar-refractivity contribution is 0.150. The van der Waals surface area contributed by atoms with Gasteiger partial charge in [-0.05, 0) is 17.2 Å². The zero-order valence-electron chi connectivity index (χ0n) is 6.36. The van der Waals surface area contributed by atoms with Gasteiger partial charge in [0, 0.05) is 0 Å². The standard InChI is InChI=1S/C10H7OS/c11-10-8-4-2-1-3-7(8)5-6-9(10)12/h1-6,10H. The van der Waals surface area contributed by atoms with Gasteiger partial charge in [-0.2, -0.15) is 0 Å². The van der Waals surface area contributed by atoms with Crippen LogP contribution < -0.4 is 0 Å². The van der Waals surface area contributed by atoms with Crippen molar-refractivity contribution >= 4 is 23.2 Å². The molecule has 1 nitrogen and oxygen atoms in total. The molecule has 2 heteroatoms. The Balaban J connectivity index is 2.59. The van der Waals surface area contributed by atoms with Crippen molar-refractivity contribution in [1.82, 2.24) is 0 Å². The molecule has 59 valence electrons. The second kappa shape index (κ2) is 2.81. The molecule has 1 radical (unpaired) electrons. The third kappa shape index (κ3) is 1.09. The van der Waals surface area contributed by atoms with E-state index in [0.717, 1.165) is 11.1 Å². The lowest BCUT2D eigenvalue weighted by Gasteiger charge is -2.14. The molecule has 0 saturated heterocycles. The first-order valence-electron chi connectivity index (χ1n) is 3.76. The molecule has 0 amide bonds. The molecule has 0 aliphatic heterocycles. The van der Waals surface area contributed by atoms with Crippen molar-refractivity contribution in [3.63, 3.8) is 0 Å². The lowest BCUT2D eigenvalue weighted by Crippen LogP contribution is -2.10. The first-order chi connectivity index (χ1) is 5.79. The van der Waals surface area contributed by atoms with E-state index in [1.807, 2.05) is 30.3 Å². The van der Waals surface area contributed by atoms with E-state index in [-0.39, 0.29) is 0 Å². The smallest absolute Gasteiger partial charge is 0.154 e. The van der Waals surface area contributed by atoms with Gasteiger partial charge in [-0.25, -0.2) is 5.11 Å². The Morgan fingerprint density at radius 1 is 1.17 bits per heavy atom. The molecule has 2 rings (SSSR count). The Kier molecular flexibility index (Phi) is 1.79. The van der Waals surface area contributed by atoms with Gasteiger partial charge >= 0.3 is 0 Å². The first kappa shape index (κ1) is 7.65. The van der Waals surface area contributed by atoms with E-state index >= 15 is 0 Å². The van der Waals surface area contributed by atoms with E-state index in [1.54, 1.807) is 6.08 Å². The SMILES string of the molecule is [O]C1C(=S)C=Cc2ccccc21. The Morgan fingerprint density at radius 3 is 2.75 bits per heavy atom. The van der Waals surface area contributed by atoms with Crippen molar-refractivity contribution in [1.29, 1.82) is 0 Å². The maximum Gasteiger partial charge on any atom is 0.154 e. The molecular formula is C10H7OS. The van der Waals surface area contributed by atoms with Crippen LogP contribution in [0.25, 0.3) is 6.08 Å². The molecule has 0 saturated carbocycles. The predicted molar refractivity (Wildman–Crippen MR) is 51.5 cm³/mol. The number of benzene rings is 1. The number of rotatable bonds is 0. The van der Waals surface area contributed by atoms with E-state index in [0.29, 0.717) is 4.86 Å². The van der Waals surface area contributed by atoms with Crippen molar-refractivity contribution in [3.05, 3.63) is 41.5 Å². The Morgan fingerprint density at radius 2 is 1.92 bits per heavy atom. The molecule has 0 bridgehead atoms. The first-order valence-corrected chi connectivity index (χ1v) is 4.16. The van der Waals surface area contributed by atoms with Crippen LogP contribution >= 0.6 is 12.2 Å². The number of thiocarbonyl (C=S) groups is 1. The summed E-state index contributed by atoms with van der Waals surface area (Å²) in [5, 5.41) is 11.5. The Hall–Kier alpha value is -0.990. The summed E-state index contributed by atoms with van der Waals surface area (Å²) in [5.41, 5.74) is 1.79. The molecule has 12 heavy (non-hydrogen) atoms. The summed E-state index contributed by atoms with van der Waals surface area (Å²) >= 11 is 4.91. The van der Waals surface area contributed by atoms with Crippen molar-refractivity contribution < 1.29 is 5.11 Å².